The molecule has 0 spiro atoms. The van der Waals surface area contributed by atoms with Crippen molar-refractivity contribution in [2.75, 3.05) is 6.61 Å². The smallest absolute Gasteiger partial charge is 0.119 e. The third-order valence-corrected chi connectivity index (χ3v) is 5.48. The van der Waals surface area contributed by atoms with Gasteiger partial charge in [0.1, 0.15) is 5.75 Å². The highest BCUT2D eigenvalue weighted by Crippen LogP contribution is 2.22. The van der Waals surface area contributed by atoms with Gasteiger partial charge in [-0.2, -0.15) is 0 Å². The molecule has 0 amide bonds. The molecule has 0 atom stereocenters. The quantitative estimate of drug-likeness (QED) is 0.264. The van der Waals surface area contributed by atoms with Crippen LogP contribution in [0.2, 0.25) is 0 Å². The molecule has 0 saturated carbocycles. The second kappa shape index (κ2) is 15.2. The molecule has 0 heterocycles. The molecule has 2 rings (SSSR count). The molecular formula is C27H40O. The number of hydrogen-bond acceptors (Lipinski definition) is 1. The van der Waals surface area contributed by atoms with E-state index in [2.05, 4.69) is 61.5 Å². The van der Waals surface area contributed by atoms with Crippen LogP contribution in [0, 0.1) is 0 Å². The molecule has 154 valence electrons. The van der Waals surface area contributed by atoms with Gasteiger partial charge in [-0.15, -0.1) is 0 Å². The second-order valence-electron chi connectivity index (χ2n) is 7.98. The van der Waals surface area contributed by atoms with Crippen LogP contribution >= 0.6 is 0 Å². The number of unbranched alkanes of at least 4 members (excludes halogenated alkanes) is 12. The zero-order valence-electron chi connectivity index (χ0n) is 18.0. The van der Waals surface area contributed by atoms with Gasteiger partial charge in [-0.1, -0.05) is 126 Å². The monoisotopic (exact) mass is 380 g/mol. The van der Waals surface area contributed by atoms with Crippen LogP contribution in [-0.2, 0) is 0 Å². The summed E-state index contributed by atoms with van der Waals surface area (Å²) in [5, 5.41) is 0. The van der Waals surface area contributed by atoms with Crippen molar-refractivity contribution >= 4 is 0 Å². The van der Waals surface area contributed by atoms with Crippen molar-refractivity contribution in [2.24, 2.45) is 0 Å². The zero-order valence-corrected chi connectivity index (χ0v) is 18.0. The normalized spacial score (nSPS) is 10.9. The van der Waals surface area contributed by atoms with Gasteiger partial charge in [0.25, 0.3) is 0 Å². The van der Waals surface area contributed by atoms with Crippen molar-refractivity contribution in [3.8, 4) is 16.9 Å². The molecule has 2 aromatic rings. The van der Waals surface area contributed by atoms with Crippen LogP contribution in [-0.4, -0.2) is 6.61 Å². The number of rotatable bonds is 16. The van der Waals surface area contributed by atoms with Crippen LogP contribution in [0.4, 0.5) is 0 Å². The van der Waals surface area contributed by atoms with Gasteiger partial charge in [-0.25, -0.2) is 0 Å². The van der Waals surface area contributed by atoms with Crippen molar-refractivity contribution < 1.29 is 4.74 Å². The summed E-state index contributed by atoms with van der Waals surface area (Å²) in [6.45, 7) is 3.12. The Kier molecular flexibility index (Phi) is 12.2. The molecule has 0 saturated heterocycles. The molecule has 0 aliphatic heterocycles. The zero-order chi connectivity index (χ0) is 19.7. The maximum absolute atomic E-state index is 5.90. The van der Waals surface area contributed by atoms with E-state index in [1.165, 1.54) is 88.2 Å². The van der Waals surface area contributed by atoms with Crippen LogP contribution in [0.3, 0.4) is 0 Å². The second-order valence-corrected chi connectivity index (χ2v) is 7.98. The lowest BCUT2D eigenvalue weighted by Gasteiger charge is -2.08. The van der Waals surface area contributed by atoms with Crippen molar-refractivity contribution in [1.29, 1.82) is 0 Å². The molecule has 1 heteroatoms. The summed E-state index contributed by atoms with van der Waals surface area (Å²) in [6, 6.07) is 19.0. The van der Waals surface area contributed by atoms with Gasteiger partial charge in [0.2, 0.25) is 0 Å². The van der Waals surface area contributed by atoms with Gasteiger partial charge < -0.3 is 4.74 Å². The van der Waals surface area contributed by atoms with E-state index in [9.17, 15) is 0 Å². The minimum absolute atomic E-state index is 0.836. The standard InChI is InChI=1S/C27H40O/c1-2-3-4-5-6-7-8-9-10-11-12-13-17-24-28-27-22-20-26(21-23-27)25-18-15-14-16-19-25/h14-16,18-23H,2-13,17,24H2,1H3. The van der Waals surface area contributed by atoms with Crippen LogP contribution in [0.15, 0.2) is 54.6 Å². The number of benzene rings is 2. The van der Waals surface area contributed by atoms with Gasteiger partial charge in [-0.05, 0) is 29.7 Å². The summed E-state index contributed by atoms with van der Waals surface area (Å²) in [4.78, 5) is 0. The largest absolute Gasteiger partial charge is 0.494 e. The minimum Gasteiger partial charge on any atom is -0.494 e. The molecule has 0 aliphatic carbocycles. The molecule has 0 bridgehead atoms. The van der Waals surface area contributed by atoms with E-state index in [1.807, 2.05) is 0 Å². The Bertz CT molecular complexity index is 587. The lowest BCUT2D eigenvalue weighted by Crippen LogP contribution is -1.97. The molecule has 2 aromatic carbocycles. The fourth-order valence-electron chi connectivity index (χ4n) is 3.68. The topological polar surface area (TPSA) is 9.23 Å². The Labute approximate surface area is 173 Å². The van der Waals surface area contributed by atoms with E-state index < -0.39 is 0 Å². The van der Waals surface area contributed by atoms with E-state index >= 15 is 0 Å². The van der Waals surface area contributed by atoms with Crippen LogP contribution < -0.4 is 4.74 Å². The third-order valence-electron chi connectivity index (χ3n) is 5.48. The molecule has 0 unspecified atom stereocenters. The lowest BCUT2D eigenvalue weighted by molar-refractivity contribution is 0.304. The van der Waals surface area contributed by atoms with Crippen LogP contribution in [0.5, 0.6) is 5.75 Å². The van der Waals surface area contributed by atoms with Crippen LogP contribution in [0.25, 0.3) is 11.1 Å². The first kappa shape index (κ1) is 22.5. The fraction of sp³-hybridized carbons (Fsp3) is 0.556. The van der Waals surface area contributed by atoms with Crippen molar-refractivity contribution in [1.82, 2.24) is 0 Å². The molecule has 0 fully saturated rings. The van der Waals surface area contributed by atoms with Crippen molar-refractivity contribution in [2.45, 2.75) is 90.4 Å². The third kappa shape index (κ3) is 9.97. The van der Waals surface area contributed by atoms with E-state index in [-0.39, 0.29) is 0 Å². The first-order valence-corrected chi connectivity index (χ1v) is 11.7. The summed E-state index contributed by atoms with van der Waals surface area (Å²) >= 11 is 0. The highest BCUT2D eigenvalue weighted by Gasteiger charge is 1.99. The molecular weight excluding hydrogens is 340 g/mol. The highest BCUT2D eigenvalue weighted by molar-refractivity contribution is 5.63. The van der Waals surface area contributed by atoms with Gasteiger partial charge in [0.15, 0.2) is 0 Å². The number of hydrogen-bond donors (Lipinski definition) is 0. The van der Waals surface area contributed by atoms with E-state index in [0.717, 1.165) is 18.8 Å². The predicted molar refractivity (Wildman–Crippen MR) is 123 cm³/mol. The maximum Gasteiger partial charge on any atom is 0.119 e. The van der Waals surface area contributed by atoms with Crippen molar-refractivity contribution in [3.05, 3.63) is 54.6 Å². The van der Waals surface area contributed by atoms with Gasteiger partial charge in [-0.3, -0.25) is 0 Å². The summed E-state index contributed by atoms with van der Waals surface area (Å²) in [5.74, 6) is 0.985. The minimum atomic E-state index is 0.836. The predicted octanol–water partition coefficient (Wildman–Crippen LogP) is 8.82. The Morgan fingerprint density at radius 2 is 0.964 bits per heavy atom. The molecule has 0 radical (unpaired) electrons. The Morgan fingerprint density at radius 1 is 0.500 bits per heavy atom. The summed E-state index contributed by atoms with van der Waals surface area (Å²) < 4.78 is 5.90. The van der Waals surface area contributed by atoms with Crippen molar-refractivity contribution in [3.63, 3.8) is 0 Å². The van der Waals surface area contributed by atoms with E-state index in [1.54, 1.807) is 0 Å². The first-order valence-electron chi connectivity index (χ1n) is 11.7. The van der Waals surface area contributed by atoms with Crippen LogP contribution in [0.1, 0.15) is 90.4 Å². The molecule has 0 aliphatic rings. The summed E-state index contributed by atoms with van der Waals surface area (Å²) in [5.41, 5.74) is 2.50. The Balaban J connectivity index is 1.41. The molecule has 0 aromatic heterocycles. The average molecular weight is 381 g/mol. The molecule has 1 nitrogen and oxygen atoms in total. The fourth-order valence-corrected chi connectivity index (χ4v) is 3.68. The SMILES string of the molecule is CCCCCCCCCCCCCCCOc1ccc(-c2ccccc2)cc1. The molecule has 0 N–H and O–H groups in total. The maximum atomic E-state index is 5.90. The Morgan fingerprint density at radius 3 is 1.50 bits per heavy atom. The average Bonchev–Trinajstić information content (AvgIpc) is 2.75. The number of ether oxygens (including phenoxy) is 1. The first-order chi connectivity index (χ1) is 13.9. The van der Waals surface area contributed by atoms with Gasteiger partial charge in [0.05, 0.1) is 6.61 Å². The molecule has 28 heavy (non-hydrogen) atoms. The van der Waals surface area contributed by atoms with Gasteiger partial charge >= 0.3 is 0 Å². The van der Waals surface area contributed by atoms with Gasteiger partial charge in [0, 0.05) is 0 Å². The highest BCUT2D eigenvalue weighted by atomic mass is 16.5. The summed E-state index contributed by atoms with van der Waals surface area (Å²) in [7, 11) is 0. The van der Waals surface area contributed by atoms with E-state index in [4.69, 9.17) is 4.74 Å². The lowest BCUT2D eigenvalue weighted by atomic mass is 10.0. The Hall–Kier alpha value is -1.76. The summed E-state index contributed by atoms with van der Waals surface area (Å²) in [6.07, 6.45) is 18.0. The van der Waals surface area contributed by atoms with E-state index in [0.29, 0.717) is 0 Å².